The summed E-state index contributed by atoms with van der Waals surface area (Å²) in [6, 6.07) is 4.53. The third kappa shape index (κ3) is 2.93. The Bertz CT molecular complexity index is 688. The molecule has 1 aromatic carbocycles. The van der Waals surface area contributed by atoms with Crippen molar-refractivity contribution in [3.8, 4) is 0 Å². The van der Waals surface area contributed by atoms with E-state index >= 15 is 0 Å². The van der Waals surface area contributed by atoms with Gasteiger partial charge >= 0.3 is 0 Å². The summed E-state index contributed by atoms with van der Waals surface area (Å²) in [5.74, 6) is -1.38. The predicted molar refractivity (Wildman–Crippen MR) is 93.8 cm³/mol. The number of piperidine rings is 3. The van der Waals surface area contributed by atoms with Gasteiger partial charge in [-0.1, -0.05) is 12.1 Å². The minimum atomic E-state index is -0.817. The maximum atomic E-state index is 14.5. The van der Waals surface area contributed by atoms with Crippen LogP contribution >= 0.6 is 0 Å². The zero-order valence-corrected chi connectivity index (χ0v) is 15.3. The highest BCUT2D eigenvalue weighted by molar-refractivity contribution is 5.78. The highest BCUT2D eigenvalue weighted by Gasteiger charge is 2.55. The molecule has 142 valence electrons. The van der Waals surface area contributed by atoms with Gasteiger partial charge < -0.3 is 9.64 Å². The zero-order chi connectivity index (χ0) is 18.4. The SMILES string of the molecule is CC(C)OCC(=O)N1C[C@H](c2cccc(F)c2F)[C@H]2[C@@H]1C1CCN2CC1. The Morgan fingerprint density at radius 3 is 2.65 bits per heavy atom. The fraction of sp³-hybridized carbons (Fsp3) is 0.650. The van der Waals surface area contributed by atoms with Crippen LogP contribution in [0.1, 0.15) is 38.2 Å². The molecule has 0 radical (unpaired) electrons. The molecule has 5 rings (SSSR count). The first-order valence-electron chi connectivity index (χ1n) is 9.56. The summed E-state index contributed by atoms with van der Waals surface area (Å²) in [7, 11) is 0. The van der Waals surface area contributed by atoms with Crippen LogP contribution in [-0.4, -0.2) is 60.1 Å². The first kappa shape index (κ1) is 17.9. The average Bonchev–Trinajstić information content (AvgIpc) is 3.05. The molecule has 4 heterocycles. The van der Waals surface area contributed by atoms with Crippen LogP contribution in [0.15, 0.2) is 18.2 Å². The number of hydrogen-bond donors (Lipinski definition) is 0. The number of benzene rings is 1. The van der Waals surface area contributed by atoms with Crippen LogP contribution < -0.4 is 0 Å². The predicted octanol–water partition coefficient (Wildman–Crippen LogP) is 2.78. The van der Waals surface area contributed by atoms with Crippen LogP contribution in [0.3, 0.4) is 0 Å². The number of ether oxygens (including phenoxy) is 1. The van der Waals surface area contributed by atoms with Gasteiger partial charge in [-0.3, -0.25) is 9.69 Å². The Balaban J connectivity index is 1.66. The van der Waals surface area contributed by atoms with E-state index in [4.69, 9.17) is 4.74 Å². The lowest BCUT2D eigenvalue weighted by molar-refractivity contribution is -0.142. The summed E-state index contributed by atoms with van der Waals surface area (Å²) in [5.41, 5.74) is 0.396. The number of amides is 1. The van der Waals surface area contributed by atoms with Crippen molar-refractivity contribution in [2.24, 2.45) is 5.92 Å². The molecule has 4 fully saturated rings. The van der Waals surface area contributed by atoms with Crippen molar-refractivity contribution >= 4 is 5.91 Å². The Kier molecular flexibility index (Phi) is 4.73. The number of likely N-dealkylation sites (tertiary alicyclic amines) is 1. The third-order valence-electron chi connectivity index (χ3n) is 6.24. The second-order valence-corrected chi connectivity index (χ2v) is 8.01. The third-order valence-corrected chi connectivity index (χ3v) is 6.24. The second-order valence-electron chi connectivity index (χ2n) is 8.01. The molecule has 0 unspecified atom stereocenters. The average molecular weight is 364 g/mol. The van der Waals surface area contributed by atoms with Gasteiger partial charge in [-0.25, -0.2) is 8.78 Å². The molecule has 4 aliphatic heterocycles. The van der Waals surface area contributed by atoms with Gasteiger partial charge in [0.15, 0.2) is 11.6 Å². The number of carbonyl (C=O) groups is 1. The maximum absolute atomic E-state index is 14.5. The van der Waals surface area contributed by atoms with Gasteiger partial charge in [0.1, 0.15) is 6.61 Å². The molecule has 0 aromatic heterocycles. The van der Waals surface area contributed by atoms with E-state index in [1.807, 2.05) is 18.7 Å². The van der Waals surface area contributed by atoms with Crippen molar-refractivity contribution in [3.63, 3.8) is 0 Å². The number of halogens is 2. The van der Waals surface area contributed by atoms with Gasteiger partial charge in [0, 0.05) is 18.5 Å². The minimum Gasteiger partial charge on any atom is -0.369 e. The first-order chi connectivity index (χ1) is 12.5. The Labute approximate surface area is 153 Å². The van der Waals surface area contributed by atoms with E-state index in [2.05, 4.69) is 4.90 Å². The molecule has 0 aliphatic carbocycles. The first-order valence-corrected chi connectivity index (χ1v) is 9.56. The zero-order valence-electron chi connectivity index (χ0n) is 15.3. The number of nitrogens with zero attached hydrogens (tertiary/aromatic N) is 2. The molecule has 6 heteroatoms. The highest BCUT2D eigenvalue weighted by atomic mass is 19.2. The van der Waals surface area contributed by atoms with Gasteiger partial charge in [-0.15, -0.1) is 0 Å². The van der Waals surface area contributed by atoms with Crippen LogP contribution in [0, 0.1) is 17.6 Å². The van der Waals surface area contributed by atoms with E-state index in [1.165, 1.54) is 0 Å². The standard InChI is InChI=1S/C20H26F2N2O2/c1-12(2)26-11-17(25)24-10-15(14-4-3-5-16(21)18(14)22)20-19(24)13-6-8-23(20)9-7-13/h3-5,12-13,15,19-20H,6-11H2,1-2H3/t15-,19+,20+/m1/s1. The lowest BCUT2D eigenvalue weighted by Crippen LogP contribution is -2.61. The van der Waals surface area contributed by atoms with E-state index in [0.717, 1.165) is 32.0 Å². The van der Waals surface area contributed by atoms with E-state index in [-0.39, 0.29) is 36.6 Å². The van der Waals surface area contributed by atoms with Crippen LogP contribution in [-0.2, 0) is 9.53 Å². The highest BCUT2D eigenvalue weighted by Crippen LogP contribution is 2.47. The number of fused-ring (bicyclic) bond motifs is 2. The Morgan fingerprint density at radius 2 is 1.96 bits per heavy atom. The summed E-state index contributed by atoms with van der Waals surface area (Å²) in [5, 5.41) is 0. The molecule has 3 atom stereocenters. The summed E-state index contributed by atoms with van der Waals surface area (Å²) in [6.07, 6.45) is 2.11. The summed E-state index contributed by atoms with van der Waals surface area (Å²) < 4.78 is 33.9. The molecule has 1 aromatic rings. The molecule has 4 aliphatic rings. The monoisotopic (exact) mass is 364 g/mol. The van der Waals surface area contributed by atoms with Crippen LogP contribution in [0.25, 0.3) is 0 Å². The molecule has 1 amide bonds. The molecular weight excluding hydrogens is 338 g/mol. The number of carbonyl (C=O) groups excluding carboxylic acids is 1. The summed E-state index contributed by atoms with van der Waals surface area (Å²) in [4.78, 5) is 17.1. The molecule has 4 nitrogen and oxygen atoms in total. The molecule has 4 saturated heterocycles. The van der Waals surface area contributed by atoms with E-state index in [0.29, 0.717) is 18.0 Å². The minimum absolute atomic E-state index is 0.0135. The quantitative estimate of drug-likeness (QED) is 0.824. The summed E-state index contributed by atoms with van der Waals surface area (Å²) >= 11 is 0. The van der Waals surface area contributed by atoms with Gasteiger partial charge in [0.25, 0.3) is 0 Å². The topological polar surface area (TPSA) is 32.8 Å². The Hall–Kier alpha value is -1.53. The Morgan fingerprint density at radius 1 is 1.23 bits per heavy atom. The fourth-order valence-electron chi connectivity index (χ4n) is 5.11. The van der Waals surface area contributed by atoms with Gasteiger partial charge in [-0.2, -0.15) is 0 Å². The van der Waals surface area contributed by atoms with Crippen molar-refractivity contribution in [2.75, 3.05) is 26.2 Å². The van der Waals surface area contributed by atoms with Crippen LogP contribution in [0.4, 0.5) is 8.78 Å². The van der Waals surface area contributed by atoms with E-state index in [9.17, 15) is 13.6 Å². The molecule has 2 bridgehead atoms. The molecular formula is C20H26F2N2O2. The van der Waals surface area contributed by atoms with Crippen molar-refractivity contribution in [3.05, 3.63) is 35.4 Å². The molecule has 0 N–H and O–H groups in total. The van der Waals surface area contributed by atoms with Crippen LogP contribution in [0.5, 0.6) is 0 Å². The lowest BCUT2D eigenvalue weighted by Gasteiger charge is -2.51. The fourth-order valence-corrected chi connectivity index (χ4v) is 5.11. The second kappa shape index (κ2) is 6.89. The van der Waals surface area contributed by atoms with Crippen LogP contribution in [0.2, 0.25) is 0 Å². The normalized spacial score (nSPS) is 33.0. The smallest absolute Gasteiger partial charge is 0.248 e. The summed E-state index contributed by atoms with van der Waals surface area (Å²) in [6.45, 7) is 6.24. The molecule has 0 saturated carbocycles. The largest absolute Gasteiger partial charge is 0.369 e. The van der Waals surface area contributed by atoms with E-state index < -0.39 is 11.6 Å². The van der Waals surface area contributed by atoms with Crippen molar-refractivity contribution in [2.45, 2.75) is 50.8 Å². The molecule has 26 heavy (non-hydrogen) atoms. The van der Waals surface area contributed by atoms with Gasteiger partial charge in [-0.05, 0) is 57.3 Å². The van der Waals surface area contributed by atoms with Crippen molar-refractivity contribution in [1.82, 2.24) is 9.80 Å². The van der Waals surface area contributed by atoms with E-state index in [1.54, 1.807) is 12.1 Å². The molecule has 0 spiro atoms. The van der Waals surface area contributed by atoms with Gasteiger partial charge in [0.2, 0.25) is 5.91 Å². The number of rotatable bonds is 4. The van der Waals surface area contributed by atoms with Crippen molar-refractivity contribution in [1.29, 1.82) is 0 Å². The van der Waals surface area contributed by atoms with Gasteiger partial charge in [0.05, 0.1) is 12.1 Å². The lowest BCUT2D eigenvalue weighted by atomic mass is 9.75. The van der Waals surface area contributed by atoms with Crippen molar-refractivity contribution < 1.29 is 18.3 Å². The maximum Gasteiger partial charge on any atom is 0.248 e. The number of hydrogen-bond acceptors (Lipinski definition) is 3.